The van der Waals surface area contributed by atoms with Crippen LogP contribution in [0.15, 0.2) is 12.2 Å². The van der Waals surface area contributed by atoms with E-state index >= 15 is 0 Å². The summed E-state index contributed by atoms with van der Waals surface area (Å²) < 4.78 is 16.6. The van der Waals surface area contributed by atoms with Gasteiger partial charge in [0, 0.05) is 5.41 Å². The largest absolute Gasteiger partial charge is 0.396 e. The van der Waals surface area contributed by atoms with Gasteiger partial charge in [0.2, 0.25) is 6.29 Å². The van der Waals surface area contributed by atoms with E-state index in [2.05, 4.69) is 34.3 Å². The molecule has 0 bridgehead atoms. The number of fused-ring (bicyclic) bond motifs is 7. The fourth-order valence-electron chi connectivity index (χ4n) is 14.2. The van der Waals surface area contributed by atoms with Crippen molar-refractivity contribution < 1.29 is 74.7 Å². The first kappa shape index (κ1) is 43.8. The predicted molar refractivity (Wildman–Crippen MR) is 200 cm³/mol. The van der Waals surface area contributed by atoms with Gasteiger partial charge in [0.15, 0.2) is 6.29 Å². The van der Waals surface area contributed by atoms with E-state index in [0.717, 1.165) is 50.5 Å². The lowest BCUT2D eigenvalue weighted by molar-refractivity contribution is -0.412. The Hall–Kier alpha value is -1.31. The van der Waals surface area contributed by atoms with Gasteiger partial charge in [-0.2, -0.15) is 0 Å². The van der Waals surface area contributed by atoms with Crippen molar-refractivity contribution in [1.29, 1.82) is 0 Å². The van der Waals surface area contributed by atoms with Crippen LogP contribution in [0.4, 0.5) is 0 Å². The highest BCUT2D eigenvalue weighted by Crippen LogP contribution is 2.77. The van der Waals surface area contributed by atoms with Crippen molar-refractivity contribution in [3.63, 3.8) is 0 Å². The third-order valence-electron chi connectivity index (χ3n) is 17.8. The molecular formula is C42H68O15. The first-order valence-electron chi connectivity index (χ1n) is 21.2. The molecule has 0 aromatic carbocycles. The molecule has 326 valence electrons. The van der Waals surface area contributed by atoms with E-state index in [1.807, 2.05) is 6.92 Å². The highest BCUT2D eigenvalue weighted by atomic mass is 17.2. The van der Waals surface area contributed by atoms with Gasteiger partial charge in [0.1, 0.15) is 48.8 Å². The zero-order chi connectivity index (χ0) is 41.6. The lowest BCUT2D eigenvalue weighted by atomic mass is 9.32. The summed E-state index contributed by atoms with van der Waals surface area (Å²) in [7, 11) is 0. The Morgan fingerprint density at radius 2 is 1.35 bits per heavy atom. The number of hydrogen-bond donors (Lipinski definition) is 9. The van der Waals surface area contributed by atoms with Gasteiger partial charge in [-0.25, -0.2) is 4.79 Å². The van der Waals surface area contributed by atoms with Crippen LogP contribution in [0.1, 0.15) is 98.8 Å². The second kappa shape index (κ2) is 15.5. The van der Waals surface area contributed by atoms with Crippen molar-refractivity contribution in [2.24, 2.45) is 56.7 Å². The maximum Gasteiger partial charge on any atom is 0.348 e. The van der Waals surface area contributed by atoms with Crippen LogP contribution in [0.25, 0.3) is 0 Å². The maximum absolute atomic E-state index is 14.5. The maximum atomic E-state index is 14.5. The molecule has 2 saturated heterocycles. The first-order chi connectivity index (χ1) is 26.8. The van der Waals surface area contributed by atoms with Gasteiger partial charge in [-0.05, 0) is 117 Å². The number of allylic oxidation sites excluding steroid dienone is 1. The fraction of sp³-hybridized carbons (Fsp3) is 0.929. The van der Waals surface area contributed by atoms with Gasteiger partial charge in [0.05, 0.1) is 31.3 Å². The summed E-state index contributed by atoms with van der Waals surface area (Å²) in [5.74, 6) is 0.201. The van der Waals surface area contributed by atoms with E-state index in [4.69, 9.17) is 24.0 Å². The summed E-state index contributed by atoms with van der Waals surface area (Å²) in [6, 6.07) is 0. The van der Waals surface area contributed by atoms with Crippen molar-refractivity contribution in [2.75, 3.05) is 19.8 Å². The second-order valence-electron chi connectivity index (χ2n) is 20.1. The lowest BCUT2D eigenvalue weighted by Gasteiger charge is -2.72. The zero-order valence-corrected chi connectivity index (χ0v) is 34.1. The Balaban J connectivity index is 1.07. The number of hydrogen-bond acceptors (Lipinski definition) is 15. The molecule has 0 aromatic heterocycles. The number of carbonyl (C=O) groups excluding carboxylic acids is 1. The van der Waals surface area contributed by atoms with Gasteiger partial charge in [-0.1, -0.05) is 39.8 Å². The van der Waals surface area contributed by atoms with Crippen LogP contribution in [0.2, 0.25) is 0 Å². The van der Waals surface area contributed by atoms with Crippen LogP contribution in [0.5, 0.6) is 0 Å². The second-order valence-corrected chi connectivity index (χ2v) is 20.1. The van der Waals surface area contributed by atoms with Gasteiger partial charge in [-0.3, -0.25) is 4.89 Å². The summed E-state index contributed by atoms with van der Waals surface area (Å²) in [6.45, 7) is 14.5. The third kappa shape index (κ3) is 6.51. The monoisotopic (exact) mass is 812 g/mol. The number of aliphatic hydroxyl groups is 9. The van der Waals surface area contributed by atoms with E-state index in [9.17, 15) is 50.8 Å². The number of aliphatic hydroxyl groups excluding tert-OH is 9. The van der Waals surface area contributed by atoms with Crippen molar-refractivity contribution >= 4 is 5.97 Å². The Bertz CT molecular complexity index is 1500. The summed E-state index contributed by atoms with van der Waals surface area (Å²) >= 11 is 0. The van der Waals surface area contributed by atoms with Crippen molar-refractivity contribution in [3.05, 3.63) is 12.2 Å². The molecule has 21 atom stereocenters. The SMILES string of the molecule is C=C(C)C1CCC2(C(=O)OOC3OC(COC4OC(CO)C(O)C(O)C4O)C(O)C(O)C3O)CCC3(C)C(CCC4C5(C)CCC(O)C(C)(CO)C5CCC43C)C12. The Labute approximate surface area is 335 Å². The summed E-state index contributed by atoms with van der Waals surface area (Å²) in [5, 5.41) is 94.2. The summed E-state index contributed by atoms with van der Waals surface area (Å²) in [5.41, 5.74) is -0.619. The normalized spacial score (nSPS) is 54.8. The van der Waals surface area contributed by atoms with E-state index < -0.39 is 97.5 Å². The van der Waals surface area contributed by atoms with E-state index in [0.29, 0.717) is 25.2 Å². The molecule has 2 aliphatic heterocycles. The van der Waals surface area contributed by atoms with Crippen LogP contribution in [0, 0.1) is 56.7 Å². The quantitative estimate of drug-likeness (QED) is 0.0899. The van der Waals surface area contributed by atoms with Crippen molar-refractivity contribution in [3.8, 4) is 0 Å². The van der Waals surface area contributed by atoms with Crippen LogP contribution in [-0.4, -0.2) is 139 Å². The average molecular weight is 813 g/mol. The molecule has 5 aliphatic carbocycles. The van der Waals surface area contributed by atoms with Gasteiger partial charge >= 0.3 is 5.97 Å². The molecule has 21 unspecified atom stereocenters. The molecule has 0 aromatic rings. The van der Waals surface area contributed by atoms with Crippen LogP contribution >= 0.6 is 0 Å². The van der Waals surface area contributed by atoms with Crippen molar-refractivity contribution in [1.82, 2.24) is 0 Å². The Morgan fingerprint density at radius 1 is 0.702 bits per heavy atom. The summed E-state index contributed by atoms with van der Waals surface area (Å²) in [4.78, 5) is 25.7. The highest BCUT2D eigenvalue weighted by Gasteiger charge is 2.72. The molecule has 15 heteroatoms. The van der Waals surface area contributed by atoms with E-state index in [1.165, 1.54) is 0 Å². The van der Waals surface area contributed by atoms with Gasteiger partial charge in [0.25, 0.3) is 0 Å². The molecule has 57 heavy (non-hydrogen) atoms. The lowest BCUT2D eigenvalue weighted by Crippen LogP contribution is -2.67. The highest BCUT2D eigenvalue weighted by molar-refractivity contribution is 5.78. The Kier molecular flexibility index (Phi) is 11.9. The number of ether oxygens (including phenoxy) is 3. The minimum atomic E-state index is -1.81. The molecule has 5 saturated carbocycles. The molecule has 0 spiro atoms. The van der Waals surface area contributed by atoms with Crippen LogP contribution in [0.3, 0.4) is 0 Å². The minimum Gasteiger partial charge on any atom is -0.396 e. The zero-order valence-electron chi connectivity index (χ0n) is 34.1. The summed E-state index contributed by atoms with van der Waals surface area (Å²) in [6.07, 6.45) is -8.65. The molecule has 7 fully saturated rings. The van der Waals surface area contributed by atoms with Crippen LogP contribution < -0.4 is 0 Å². The minimum absolute atomic E-state index is 0.0358. The van der Waals surface area contributed by atoms with Crippen molar-refractivity contribution in [2.45, 2.75) is 166 Å². The molecule has 7 aliphatic rings. The Morgan fingerprint density at radius 3 is 2.00 bits per heavy atom. The average Bonchev–Trinajstić information content (AvgIpc) is 3.59. The molecule has 2 heterocycles. The number of carbonyl (C=O) groups is 1. The molecule has 7 rings (SSSR count). The van der Waals surface area contributed by atoms with E-state index in [1.54, 1.807) is 0 Å². The first-order valence-corrected chi connectivity index (χ1v) is 21.2. The number of rotatable bonds is 9. The third-order valence-corrected chi connectivity index (χ3v) is 17.8. The molecular weight excluding hydrogens is 744 g/mol. The molecule has 0 amide bonds. The molecule has 15 nitrogen and oxygen atoms in total. The van der Waals surface area contributed by atoms with Gasteiger partial charge in [-0.15, -0.1) is 4.89 Å². The van der Waals surface area contributed by atoms with E-state index in [-0.39, 0.29) is 46.5 Å². The molecule has 0 radical (unpaired) electrons. The fourth-order valence-corrected chi connectivity index (χ4v) is 14.2. The predicted octanol–water partition coefficient (Wildman–Crippen LogP) is 1.08. The van der Waals surface area contributed by atoms with Crippen LogP contribution in [-0.2, 0) is 28.8 Å². The standard InChI is InChI=1S/C42H68O15/c1-20(2)21-9-14-42(37(52)57-56-36-34(51)32(49)30(47)24(55-36)18-53-35-33(50)31(48)29(46)23(17-43)54-35)16-15-40(5)22(28(21)42)7-8-26-38(3)12-11-27(45)39(4,19-44)25(38)10-13-41(26,40)6/h21-36,43-51H,1,7-19H2,2-6H3. The smallest absolute Gasteiger partial charge is 0.348 e. The molecule has 9 N–H and O–H groups in total. The van der Waals surface area contributed by atoms with Gasteiger partial charge < -0.3 is 60.2 Å². The topological polar surface area (TPSA) is 245 Å².